The van der Waals surface area contributed by atoms with Gasteiger partial charge in [-0.05, 0) is 29.0 Å². The molecule has 0 aliphatic carbocycles. The van der Waals surface area contributed by atoms with Gasteiger partial charge in [0.05, 0.1) is 24.4 Å². The van der Waals surface area contributed by atoms with Gasteiger partial charge < -0.3 is 29.8 Å². The first-order valence-corrected chi connectivity index (χ1v) is 17.2. The molecule has 272 valence electrons. The van der Waals surface area contributed by atoms with Gasteiger partial charge in [-0.1, -0.05) is 119 Å². The fraction of sp³-hybridized carbons (Fsp3) is 0.385. The second-order valence-corrected chi connectivity index (χ2v) is 13.2. The molecule has 0 aliphatic rings. The molecule has 0 fully saturated rings. The Hall–Kier alpha value is -5.20. The van der Waals surface area contributed by atoms with E-state index < -0.39 is 42.1 Å². The van der Waals surface area contributed by atoms with Gasteiger partial charge in [-0.3, -0.25) is 4.79 Å². The van der Waals surface area contributed by atoms with Crippen LogP contribution >= 0.6 is 0 Å². The number of aliphatic hydroxyl groups excluding tert-OH is 1. The van der Waals surface area contributed by atoms with E-state index >= 15 is 0 Å². The van der Waals surface area contributed by atoms with Crippen molar-refractivity contribution in [3.63, 3.8) is 0 Å². The minimum absolute atomic E-state index is 0.0328. The number of urea groups is 1. The third kappa shape index (κ3) is 12.0. The van der Waals surface area contributed by atoms with E-state index in [4.69, 9.17) is 9.15 Å². The van der Waals surface area contributed by atoms with Crippen molar-refractivity contribution < 1.29 is 28.6 Å². The molecule has 12 heteroatoms. The van der Waals surface area contributed by atoms with Crippen LogP contribution in [0, 0.1) is 5.92 Å². The fourth-order valence-electron chi connectivity index (χ4n) is 5.39. The lowest BCUT2D eigenvalue weighted by molar-refractivity contribution is -0.143. The number of hydrogen-bond donors (Lipinski definition) is 4. The molecule has 0 bridgehead atoms. The zero-order valence-corrected chi connectivity index (χ0v) is 30.0. The molecule has 0 unspecified atom stereocenters. The summed E-state index contributed by atoms with van der Waals surface area (Å²) in [7, 11) is 1.60. The summed E-state index contributed by atoms with van der Waals surface area (Å²) in [6, 6.07) is 25.7. The van der Waals surface area contributed by atoms with Crippen molar-refractivity contribution in [3.8, 4) is 0 Å². The molecule has 0 saturated carbocycles. The first-order chi connectivity index (χ1) is 24.5. The Morgan fingerprint density at radius 2 is 1.45 bits per heavy atom. The highest BCUT2D eigenvalue weighted by atomic mass is 16.6. The molecule has 3 atom stereocenters. The number of nitrogens with one attached hydrogen (secondary N) is 3. The number of amides is 4. The van der Waals surface area contributed by atoms with Crippen LogP contribution in [0.3, 0.4) is 0 Å². The predicted molar refractivity (Wildman–Crippen MR) is 194 cm³/mol. The van der Waals surface area contributed by atoms with Crippen LogP contribution in [-0.4, -0.2) is 69.8 Å². The van der Waals surface area contributed by atoms with E-state index in [0.29, 0.717) is 18.1 Å². The number of aromatic nitrogens is 1. The van der Waals surface area contributed by atoms with Gasteiger partial charge in [0.1, 0.15) is 18.9 Å². The summed E-state index contributed by atoms with van der Waals surface area (Å²) in [6.07, 6.45) is -0.311. The summed E-state index contributed by atoms with van der Waals surface area (Å²) in [4.78, 5) is 47.3. The molecule has 0 aliphatic heterocycles. The van der Waals surface area contributed by atoms with Gasteiger partial charge in [0.15, 0.2) is 5.89 Å². The van der Waals surface area contributed by atoms with Crippen LogP contribution in [0.2, 0.25) is 0 Å². The van der Waals surface area contributed by atoms with Crippen LogP contribution in [0.15, 0.2) is 102 Å². The average molecular weight is 699 g/mol. The highest BCUT2D eigenvalue weighted by molar-refractivity contribution is 5.88. The van der Waals surface area contributed by atoms with E-state index in [1.807, 2.05) is 105 Å². The number of aliphatic hydroxyl groups is 1. The summed E-state index contributed by atoms with van der Waals surface area (Å²) in [5.41, 5.74) is 5.83. The molecular formula is C39H50N6O6. The molecule has 0 radical (unpaired) electrons. The molecular weight excluding hydrogens is 648 g/mol. The van der Waals surface area contributed by atoms with Crippen LogP contribution in [0.1, 0.15) is 61.9 Å². The number of benzene rings is 3. The van der Waals surface area contributed by atoms with Crippen molar-refractivity contribution in [2.24, 2.45) is 5.92 Å². The molecule has 3 aromatic carbocycles. The molecule has 0 spiro atoms. The van der Waals surface area contributed by atoms with E-state index in [1.54, 1.807) is 20.9 Å². The molecule has 4 amide bonds. The number of hydrazine groups is 1. The molecule has 1 heterocycles. The van der Waals surface area contributed by atoms with Crippen LogP contribution in [0.4, 0.5) is 9.59 Å². The van der Waals surface area contributed by atoms with Crippen LogP contribution in [0.25, 0.3) is 0 Å². The highest BCUT2D eigenvalue weighted by Crippen LogP contribution is 2.18. The Balaban J connectivity index is 1.59. The second kappa shape index (κ2) is 19.3. The fourth-order valence-corrected chi connectivity index (χ4v) is 5.39. The maximum absolute atomic E-state index is 14.6. The Morgan fingerprint density at radius 3 is 2.02 bits per heavy atom. The summed E-state index contributed by atoms with van der Waals surface area (Å²) >= 11 is 0. The van der Waals surface area contributed by atoms with Gasteiger partial charge in [0.25, 0.3) is 5.91 Å². The van der Waals surface area contributed by atoms with Gasteiger partial charge >= 0.3 is 12.1 Å². The lowest BCUT2D eigenvalue weighted by atomic mass is 9.97. The highest BCUT2D eigenvalue weighted by Gasteiger charge is 2.38. The van der Waals surface area contributed by atoms with E-state index in [-0.39, 0.29) is 32.0 Å². The van der Waals surface area contributed by atoms with Gasteiger partial charge in [0, 0.05) is 26.1 Å². The number of hydrogen-bond acceptors (Lipinski definition) is 8. The second-order valence-electron chi connectivity index (χ2n) is 13.2. The Morgan fingerprint density at radius 1 is 0.863 bits per heavy atom. The van der Waals surface area contributed by atoms with Crippen molar-refractivity contribution in [2.75, 3.05) is 13.6 Å². The first kappa shape index (κ1) is 38.6. The van der Waals surface area contributed by atoms with Crippen molar-refractivity contribution in [1.82, 2.24) is 31.0 Å². The SMILES string of the molecule is CC(C)c1nc(CN(C)C(=O)N[C@H](C(=O)N(NC(=O)OCc2ccccc2)[C@@H](Cc2ccccc2)[C@@H](O)CNCc2ccccc2)C(C)C)co1. The molecule has 51 heavy (non-hydrogen) atoms. The van der Waals surface area contributed by atoms with E-state index in [2.05, 4.69) is 21.0 Å². The van der Waals surface area contributed by atoms with Crippen LogP contribution < -0.4 is 16.1 Å². The topological polar surface area (TPSA) is 149 Å². The Bertz CT molecular complexity index is 1650. The van der Waals surface area contributed by atoms with Gasteiger partial charge in [-0.2, -0.15) is 0 Å². The summed E-state index contributed by atoms with van der Waals surface area (Å²) in [5, 5.41) is 19.0. The van der Waals surface area contributed by atoms with Crippen LogP contribution in [0.5, 0.6) is 0 Å². The van der Waals surface area contributed by atoms with Crippen molar-refractivity contribution in [1.29, 1.82) is 0 Å². The molecule has 0 saturated heterocycles. The minimum atomic E-state index is -1.14. The summed E-state index contributed by atoms with van der Waals surface area (Å²) in [5.74, 6) is -0.359. The zero-order valence-electron chi connectivity index (χ0n) is 30.0. The van der Waals surface area contributed by atoms with Gasteiger partial charge in [-0.15, -0.1) is 0 Å². The van der Waals surface area contributed by atoms with Crippen molar-refractivity contribution >= 4 is 18.0 Å². The molecule has 12 nitrogen and oxygen atoms in total. The predicted octanol–water partition coefficient (Wildman–Crippen LogP) is 5.40. The number of carbonyl (C=O) groups excluding carboxylic acids is 3. The maximum atomic E-state index is 14.6. The first-order valence-electron chi connectivity index (χ1n) is 17.2. The normalized spacial score (nSPS) is 12.9. The quantitative estimate of drug-likeness (QED) is 0.114. The third-order valence-corrected chi connectivity index (χ3v) is 8.27. The minimum Gasteiger partial charge on any atom is -0.448 e. The Labute approximate surface area is 300 Å². The van der Waals surface area contributed by atoms with E-state index in [0.717, 1.165) is 21.7 Å². The average Bonchev–Trinajstić information content (AvgIpc) is 3.61. The largest absolute Gasteiger partial charge is 0.448 e. The van der Waals surface area contributed by atoms with Crippen LogP contribution in [-0.2, 0) is 35.6 Å². The number of carbonyl (C=O) groups is 3. The Kier molecular flexibility index (Phi) is 14.6. The summed E-state index contributed by atoms with van der Waals surface area (Å²) in [6.45, 7) is 8.22. The lowest BCUT2D eigenvalue weighted by Crippen LogP contribution is -2.64. The molecule has 4 N–H and O–H groups in total. The smallest absolute Gasteiger partial charge is 0.426 e. The molecule has 4 aromatic rings. The van der Waals surface area contributed by atoms with Crippen molar-refractivity contribution in [2.45, 2.75) is 77.9 Å². The van der Waals surface area contributed by atoms with Crippen molar-refractivity contribution in [3.05, 3.63) is 126 Å². The summed E-state index contributed by atoms with van der Waals surface area (Å²) < 4.78 is 11.0. The van der Waals surface area contributed by atoms with Gasteiger partial charge in [0.2, 0.25) is 0 Å². The monoisotopic (exact) mass is 698 g/mol. The van der Waals surface area contributed by atoms with Gasteiger partial charge in [-0.25, -0.2) is 25.0 Å². The molecule has 4 rings (SSSR count). The third-order valence-electron chi connectivity index (χ3n) is 8.27. The number of ether oxygens (including phenoxy) is 1. The lowest BCUT2D eigenvalue weighted by Gasteiger charge is -2.38. The number of rotatable bonds is 16. The number of nitrogens with zero attached hydrogens (tertiary/aromatic N) is 3. The zero-order chi connectivity index (χ0) is 36.8. The molecule has 1 aromatic heterocycles. The van der Waals surface area contributed by atoms with E-state index in [1.165, 1.54) is 11.2 Å². The van der Waals surface area contributed by atoms with E-state index in [9.17, 15) is 19.5 Å². The maximum Gasteiger partial charge on any atom is 0.426 e. The standard InChI is InChI=1S/C39H50N6O6/c1-27(2)35(42-38(48)44(5)24-32-26-50-36(41-32)28(3)4)37(47)45(43-39(49)51-25-31-19-13-8-14-20-31)33(21-29-15-9-6-10-16-29)34(46)23-40-22-30-17-11-7-12-18-30/h6-20,26-28,33-35,40,46H,21-25H2,1-5H3,(H,42,48)(H,43,49)/t33-,34-,35-/m0/s1. The number of oxazole rings is 1.